The maximum Gasteiger partial charge on any atom is 0.320 e. The monoisotopic (exact) mass is 267 g/mol. The van der Waals surface area contributed by atoms with Crippen LogP contribution in [0.3, 0.4) is 0 Å². The topological polar surface area (TPSA) is 49.8 Å². The number of carboxylic acids is 1. The molecule has 0 radical (unpaired) electrons. The third-order valence-electron chi connectivity index (χ3n) is 5.28. The fourth-order valence-electron chi connectivity index (χ4n) is 4.31. The van der Waals surface area contributed by atoms with Gasteiger partial charge in [0.25, 0.3) is 0 Å². The number of ether oxygens (including phenoxy) is 1. The van der Waals surface area contributed by atoms with Gasteiger partial charge in [-0.3, -0.25) is 9.69 Å². The number of hydrogen-bond acceptors (Lipinski definition) is 3. The first kappa shape index (κ1) is 13.4. The Morgan fingerprint density at radius 3 is 2.68 bits per heavy atom. The summed E-state index contributed by atoms with van der Waals surface area (Å²) in [5.74, 6) is -0.633. The molecule has 108 valence electrons. The van der Waals surface area contributed by atoms with Crippen LogP contribution in [0.4, 0.5) is 0 Å². The lowest BCUT2D eigenvalue weighted by Gasteiger charge is -2.46. The van der Waals surface area contributed by atoms with Gasteiger partial charge in [0.15, 0.2) is 0 Å². The SMILES string of the molecule is O=C(O)C1CCCCN1C1CCOC2(CCCC2)C1. The van der Waals surface area contributed by atoms with E-state index in [1.807, 2.05) is 0 Å². The van der Waals surface area contributed by atoms with Crippen LogP contribution in [0.2, 0.25) is 0 Å². The molecule has 0 aromatic heterocycles. The van der Waals surface area contributed by atoms with Gasteiger partial charge < -0.3 is 9.84 Å². The molecule has 3 fully saturated rings. The molecule has 2 aliphatic heterocycles. The van der Waals surface area contributed by atoms with Crippen LogP contribution in [0.15, 0.2) is 0 Å². The summed E-state index contributed by atoms with van der Waals surface area (Å²) in [4.78, 5) is 13.7. The molecule has 0 aromatic rings. The zero-order valence-electron chi connectivity index (χ0n) is 11.6. The van der Waals surface area contributed by atoms with Crippen molar-refractivity contribution in [3.05, 3.63) is 0 Å². The molecule has 2 unspecified atom stereocenters. The Labute approximate surface area is 115 Å². The van der Waals surface area contributed by atoms with Crippen molar-refractivity contribution in [3.8, 4) is 0 Å². The smallest absolute Gasteiger partial charge is 0.320 e. The van der Waals surface area contributed by atoms with Crippen LogP contribution in [-0.2, 0) is 9.53 Å². The number of likely N-dealkylation sites (tertiary alicyclic amines) is 1. The van der Waals surface area contributed by atoms with Gasteiger partial charge in [0.05, 0.1) is 5.60 Å². The van der Waals surface area contributed by atoms with E-state index in [1.54, 1.807) is 0 Å². The van der Waals surface area contributed by atoms with Crippen molar-refractivity contribution in [2.75, 3.05) is 13.2 Å². The Balaban J connectivity index is 1.71. The van der Waals surface area contributed by atoms with Gasteiger partial charge in [0.1, 0.15) is 6.04 Å². The number of carbonyl (C=O) groups is 1. The maximum atomic E-state index is 11.4. The van der Waals surface area contributed by atoms with E-state index in [1.165, 1.54) is 25.7 Å². The number of rotatable bonds is 2. The maximum absolute atomic E-state index is 11.4. The number of piperidine rings is 1. The first-order valence-electron chi connectivity index (χ1n) is 7.83. The van der Waals surface area contributed by atoms with E-state index in [-0.39, 0.29) is 11.6 Å². The Hall–Kier alpha value is -0.610. The van der Waals surface area contributed by atoms with Gasteiger partial charge in [0.2, 0.25) is 0 Å². The van der Waals surface area contributed by atoms with Gasteiger partial charge in [0, 0.05) is 12.6 Å². The molecule has 3 rings (SSSR count). The third-order valence-corrected chi connectivity index (χ3v) is 5.28. The highest BCUT2D eigenvalue weighted by Gasteiger charge is 2.44. The van der Waals surface area contributed by atoms with E-state index in [9.17, 15) is 9.90 Å². The van der Waals surface area contributed by atoms with Gasteiger partial charge in [-0.1, -0.05) is 19.3 Å². The lowest BCUT2D eigenvalue weighted by atomic mass is 9.86. The third kappa shape index (κ3) is 2.65. The minimum Gasteiger partial charge on any atom is -0.480 e. The average molecular weight is 267 g/mol. The highest BCUT2D eigenvalue weighted by Crippen LogP contribution is 2.42. The van der Waals surface area contributed by atoms with Crippen LogP contribution in [0, 0.1) is 0 Å². The molecule has 0 bridgehead atoms. The van der Waals surface area contributed by atoms with Crippen molar-refractivity contribution >= 4 is 5.97 Å². The molecule has 1 aliphatic carbocycles. The molecule has 2 heterocycles. The fraction of sp³-hybridized carbons (Fsp3) is 0.933. The molecular weight excluding hydrogens is 242 g/mol. The second-order valence-electron chi connectivity index (χ2n) is 6.47. The predicted molar refractivity (Wildman–Crippen MR) is 72.2 cm³/mol. The van der Waals surface area contributed by atoms with Crippen molar-refractivity contribution in [2.24, 2.45) is 0 Å². The summed E-state index contributed by atoms with van der Waals surface area (Å²) in [6.45, 7) is 1.77. The molecule has 1 spiro atoms. The highest BCUT2D eigenvalue weighted by atomic mass is 16.5. The molecule has 0 aromatic carbocycles. The molecule has 1 saturated carbocycles. The van der Waals surface area contributed by atoms with E-state index >= 15 is 0 Å². The number of nitrogens with zero attached hydrogens (tertiary/aromatic N) is 1. The quantitative estimate of drug-likeness (QED) is 0.834. The molecule has 19 heavy (non-hydrogen) atoms. The first-order chi connectivity index (χ1) is 9.20. The Morgan fingerprint density at radius 1 is 1.16 bits per heavy atom. The van der Waals surface area contributed by atoms with Crippen LogP contribution < -0.4 is 0 Å². The normalized spacial score (nSPS) is 35.6. The van der Waals surface area contributed by atoms with E-state index in [4.69, 9.17) is 4.74 Å². The van der Waals surface area contributed by atoms with Crippen LogP contribution in [0.1, 0.15) is 57.8 Å². The molecule has 0 amide bonds. The molecule has 2 atom stereocenters. The minimum atomic E-state index is -0.633. The summed E-state index contributed by atoms with van der Waals surface area (Å²) in [6, 6.07) is 0.170. The number of hydrogen-bond donors (Lipinski definition) is 1. The van der Waals surface area contributed by atoms with Crippen LogP contribution in [-0.4, -0.2) is 46.8 Å². The van der Waals surface area contributed by atoms with Gasteiger partial charge in [-0.2, -0.15) is 0 Å². The van der Waals surface area contributed by atoms with Crippen molar-refractivity contribution in [1.82, 2.24) is 4.90 Å². The van der Waals surface area contributed by atoms with Crippen molar-refractivity contribution < 1.29 is 14.6 Å². The Bertz CT molecular complexity index is 338. The summed E-state index contributed by atoms with van der Waals surface area (Å²) >= 11 is 0. The van der Waals surface area contributed by atoms with E-state index in [0.717, 1.165) is 45.3 Å². The summed E-state index contributed by atoms with van der Waals surface area (Å²) in [7, 11) is 0. The minimum absolute atomic E-state index is 0.0867. The second kappa shape index (κ2) is 5.41. The number of carboxylic acid groups (broad SMARTS) is 1. The molecule has 3 aliphatic rings. The first-order valence-corrected chi connectivity index (χ1v) is 7.83. The van der Waals surface area contributed by atoms with Crippen LogP contribution >= 0.6 is 0 Å². The summed E-state index contributed by atoms with van der Waals surface area (Å²) in [5.41, 5.74) is 0.0867. The average Bonchev–Trinajstić information content (AvgIpc) is 2.86. The summed E-state index contributed by atoms with van der Waals surface area (Å²) < 4.78 is 6.07. The lowest BCUT2D eigenvalue weighted by molar-refractivity contribution is -0.151. The Kier molecular flexibility index (Phi) is 3.81. The van der Waals surface area contributed by atoms with Gasteiger partial charge >= 0.3 is 5.97 Å². The second-order valence-corrected chi connectivity index (χ2v) is 6.47. The predicted octanol–water partition coefficient (Wildman–Crippen LogP) is 2.42. The van der Waals surface area contributed by atoms with Crippen molar-refractivity contribution in [3.63, 3.8) is 0 Å². The van der Waals surface area contributed by atoms with E-state index < -0.39 is 5.97 Å². The van der Waals surface area contributed by atoms with Gasteiger partial charge in [-0.25, -0.2) is 0 Å². The zero-order valence-corrected chi connectivity index (χ0v) is 11.6. The van der Waals surface area contributed by atoms with E-state index in [2.05, 4.69) is 4.90 Å². The van der Waals surface area contributed by atoms with Crippen molar-refractivity contribution in [1.29, 1.82) is 0 Å². The standard InChI is InChI=1S/C15H25NO3/c17-14(18)13-5-1-4-9-16(13)12-6-10-19-15(11-12)7-2-3-8-15/h12-13H,1-11H2,(H,17,18). The number of aliphatic carboxylic acids is 1. The van der Waals surface area contributed by atoms with Crippen LogP contribution in [0.25, 0.3) is 0 Å². The van der Waals surface area contributed by atoms with Gasteiger partial charge in [-0.05, 0) is 45.1 Å². The van der Waals surface area contributed by atoms with Gasteiger partial charge in [-0.15, -0.1) is 0 Å². The largest absolute Gasteiger partial charge is 0.480 e. The van der Waals surface area contributed by atoms with Crippen molar-refractivity contribution in [2.45, 2.75) is 75.5 Å². The molecular formula is C15H25NO3. The Morgan fingerprint density at radius 2 is 1.95 bits per heavy atom. The molecule has 2 saturated heterocycles. The van der Waals surface area contributed by atoms with E-state index in [0.29, 0.717) is 6.04 Å². The summed E-state index contributed by atoms with van der Waals surface area (Å²) in [6.07, 6.45) is 9.98. The molecule has 4 heteroatoms. The van der Waals surface area contributed by atoms with Crippen LogP contribution in [0.5, 0.6) is 0 Å². The molecule has 4 nitrogen and oxygen atoms in total. The lowest BCUT2D eigenvalue weighted by Crippen LogP contribution is -2.54. The summed E-state index contributed by atoms with van der Waals surface area (Å²) in [5, 5.41) is 9.42. The zero-order chi connectivity index (χ0) is 13.3. The fourth-order valence-corrected chi connectivity index (χ4v) is 4.31. The highest BCUT2D eigenvalue weighted by molar-refractivity contribution is 5.73. The molecule has 1 N–H and O–H groups in total.